The van der Waals surface area contributed by atoms with Crippen molar-refractivity contribution in [2.24, 2.45) is 5.92 Å². The number of esters is 1. The molecule has 0 aromatic heterocycles. The summed E-state index contributed by atoms with van der Waals surface area (Å²) in [5.74, 6) is -0.256. The van der Waals surface area contributed by atoms with E-state index in [0.717, 1.165) is 0 Å². The molecule has 4 atom stereocenters. The summed E-state index contributed by atoms with van der Waals surface area (Å²) in [6.07, 6.45) is 1.44. The average Bonchev–Trinajstić information content (AvgIpc) is 2.23. The topological polar surface area (TPSA) is 55.8 Å². The van der Waals surface area contributed by atoms with E-state index in [1.807, 2.05) is 6.92 Å². The summed E-state index contributed by atoms with van der Waals surface area (Å²) in [6, 6.07) is 0. The van der Waals surface area contributed by atoms with E-state index in [1.165, 1.54) is 0 Å². The molecule has 0 bridgehead atoms. The van der Waals surface area contributed by atoms with E-state index in [-0.39, 0.29) is 30.5 Å². The minimum Gasteiger partial charge on any atom is -0.466 e. The van der Waals surface area contributed by atoms with Crippen molar-refractivity contribution >= 4 is 5.97 Å². The molecule has 0 unspecified atom stereocenters. The summed E-state index contributed by atoms with van der Waals surface area (Å²) in [4.78, 5) is 11.3. The zero-order valence-corrected chi connectivity index (χ0v) is 9.89. The van der Waals surface area contributed by atoms with Crippen LogP contribution in [0.3, 0.4) is 0 Å². The average molecular weight is 228 g/mol. The van der Waals surface area contributed by atoms with Gasteiger partial charge in [0, 0.05) is 12.3 Å². The molecule has 4 heteroatoms. The van der Waals surface area contributed by atoms with E-state index in [2.05, 4.69) is 6.58 Å². The molecule has 1 aliphatic rings. The predicted molar refractivity (Wildman–Crippen MR) is 59.9 cm³/mol. The van der Waals surface area contributed by atoms with Gasteiger partial charge in [-0.05, 0) is 6.92 Å². The molecule has 4 nitrogen and oxygen atoms in total. The van der Waals surface area contributed by atoms with Gasteiger partial charge in [-0.25, -0.2) is 0 Å². The summed E-state index contributed by atoms with van der Waals surface area (Å²) >= 11 is 0. The molecule has 1 aliphatic heterocycles. The fourth-order valence-corrected chi connectivity index (χ4v) is 1.91. The molecule has 0 aromatic rings. The van der Waals surface area contributed by atoms with E-state index in [4.69, 9.17) is 9.47 Å². The van der Waals surface area contributed by atoms with E-state index in [9.17, 15) is 9.90 Å². The van der Waals surface area contributed by atoms with Crippen LogP contribution in [-0.2, 0) is 14.3 Å². The van der Waals surface area contributed by atoms with Crippen LogP contribution >= 0.6 is 0 Å². The summed E-state index contributed by atoms with van der Waals surface area (Å²) in [6.45, 7) is 7.72. The molecule has 1 saturated heterocycles. The molecular weight excluding hydrogens is 208 g/mol. The molecule has 0 amide bonds. The predicted octanol–water partition coefficient (Wildman–Crippen LogP) is 1.28. The quantitative estimate of drug-likeness (QED) is 0.581. The Balaban J connectivity index is 2.50. The Morgan fingerprint density at radius 3 is 2.94 bits per heavy atom. The van der Waals surface area contributed by atoms with Crippen LogP contribution in [0, 0.1) is 5.92 Å². The third-order valence-electron chi connectivity index (χ3n) is 2.91. The molecule has 0 aliphatic carbocycles. The van der Waals surface area contributed by atoms with Crippen LogP contribution in [0.25, 0.3) is 0 Å². The summed E-state index contributed by atoms with van der Waals surface area (Å²) < 4.78 is 10.5. The van der Waals surface area contributed by atoms with Crippen LogP contribution in [0.5, 0.6) is 0 Å². The van der Waals surface area contributed by atoms with Crippen LogP contribution < -0.4 is 0 Å². The van der Waals surface area contributed by atoms with Gasteiger partial charge >= 0.3 is 5.97 Å². The van der Waals surface area contributed by atoms with Crippen LogP contribution in [0.4, 0.5) is 0 Å². The Hall–Kier alpha value is -0.870. The molecule has 1 N–H and O–H groups in total. The molecule has 0 spiro atoms. The van der Waals surface area contributed by atoms with E-state index < -0.39 is 6.10 Å². The highest BCUT2D eigenvalue weighted by molar-refractivity contribution is 5.69. The normalized spacial score (nSPS) is 34.4. The van der Waals surface area contributed by atoms with Gasteiger partial charge in [-0.15, -0.1) is 6.58 Å². The minimum absolute atomic E-state index is 0.0240. The van der Waals surface area contributed by atoms with Gasteiger partial charge in [0.25, 0.3) is 0 Å². The molecule has 1 rings (SSSR count). The Labute approximate surface area is 96.2 Å². The summed E-state index contributed by atoms with van der Waals surface area (Å²) in [5, 5.41) is 9.81. The molecule has 0 aromatic carbocycles. The number of rotatable bonds is 4. The van der Waals surface area contributed by atoms with Crippen LogP contribution in [0.15, 0.2) is 12.7 Å². The maximum Gasteiger partial charge on any atom is 0.308 e. The van der Waals surface area contributed by atoms with Crippen molar-refractivity contribution in [3.05, 3.63) is 12.7 Å². The lowest BCUT2D eigenvalue weighted by molar-refractivity contribution is -0.154. The van der Waals surface area contributed by atoms with Gasteiger partial charge in [-0.2, -0.15) is 0 Å². The summed E-state index contributed by atoms with van der Waals surface area (Å²) in [5.41, 5.74) is 0. The second-order valence-electron chi connectivity index (χ2n) is 4.13. The molecule has 0 saturated carbocycles. The number of carbonyl (C=O) groups is 1. The standard InChI is InChI=1S/C12H20O4/c1-4-11-8(3)10(13)6-9(16-11)7-12(14)15-5-2/h4,8-11,13H,1,5-7H2,2-3H3/t8-,9+,10+,11+/m1/s1. The molecule has 1 fully saturated rings. The van der Waals surface area contributed by atoms with Crippen molar-refractivity contribution in [3.8, 4) is 0 Å². The Morgan fingerprint density at radius 1 is 1.69 bits per heavy atom. The first-order valence-corrected chi connectivity index (χ1v) is 5.70. The molecule has 0 radical (unpaired) electrons. The van der Waals surface area contributed by atoms with Crippen molar-refractivity contribution < 1.29 is 19.4 Å². The zero-order chi connectivity index (χ0) is 12.1. The fourth-order valence-electron chi connectivity index (χ4n) is 1.91. The first-order valence-electron chi connectivity index (χ1n) is 5.70. The smallest absolute Gasteiger partial charge is 0.308 e. The molecule has 1 heterocycles. The second-order valence-corrected chi connectivity index (χ2v) is 4.13. The highest BCUT2D eigenvalue weighted by Crippen LogP contribution is 2.27. The molecule has 92 valence electrons. The number of aliphatic hydroxyl groups is 1. The number of aliphatic hydroxyl groups excluding tert-OH is 1. The van der Waals surface area contributed by atoms with Gasteiger partial charge in [-0.1, -0.05) is 13.0 Å². The van der Waals surface area contributed by atoms with Crippen molar-refractivity contribution in [2.45, 2.75) is 45.0 Å². The van der Waals surface area contributed by atoms with Crippen molar-refractivity contribution in [2.75, 3.05) is 6.61 Å². The zero-order valence-electron chi connectivity index (χ0n) is 9.89. The Morgan fingerprint density at radius 2 is 2.38 bits per heavy atom. The lowest BCUT2D eigenvalue weighted by Gasteiger charge is -2.36. The lowest BCUT2D eigenvalue weighted by Crippen LogP contribution is -2.42. The Bertz CT molecular complexity index is 251. The third-order valence-corrected chi connectivity index (χ3v) is 2.91. The van der Waals surface area contributed by atoms with Gasteiger partial charge in [-0.3, -0.25) is 4.79 Å². The van der Waals surface area contributed by atoms with Crippen molar-refractivity contribution in [1.82, 2.24) is 0 Å². The third kappa shape index (κ3) is 3.32. The fraction of sp³-hybridized carbons (Fsp3) is 0.750. The number of carbonyl (C=O) groups excluding carboxylic acids is 1. The van der Waals surface area contributed by atoms with E-state index >= 15 is 0 Å². The highest BCUT2D eigenvalue weighted by Gasteiger charge is 2.34. The second kappa shape index (κ2) is 6.01. The monoisotopic (exact) mass is 228 g/mol. The Kier molecular flexibility index (Phi) is 4.96. The van der Waals surface area contributed by atoms with Crippen LogP contribution in [-0.4, -0.2) is 36.0 Å². The first kappa shape index (κ1) is 13.2. The lowest BCUT2D eigenvalue weighted by atomic mass is 9.89. The SMILES string of the molecule is C=C[C@@H]1O[C@H](CC(=O)OCC)C[C@H](O)[C@H]1C. The van der Waals surface area contributed by atoms with Gasteiger partial charge in [0.2, 0.25) is 0 Å². The van der Waals surface area contributed by atoms with Gasteiger partial charge in [0.15, 0.2) is 0 Å². The first-order chi connectivity index (χ1) is 7.58. The number of ether oxygens (including phenoxy) is 2. The van der Waals surface area contributed by atoms with Crippen molar-refractivity contribution in [3.63, 3.8) is 0 Å². The van der Waals surface area contributed by atoms with Gasteiger partial charge < -0.3 is 14.6 Å². The van der Waals surface area contributed by atoms with Crippen LogP contribution in [0.1, 0.15) is 26.7 Å². The van der Waals surface area contributed by atoms with Gasteiger partial charge in [0.05, 0.1) is 31.3 Å². The maximum atomic E-state index is 11.3. The highest BCUT2D eigenvalue weighted by atomic mass is 16.5. The largest absolute Gasteiger partial charge is 0.466 e. The molecule has 16 heavy (non-hydrogen) atoms. The number of hydrogen-bond acceptors (Lipinski definition) is 4. The van der Waals surface area contributed by atoms with Gasteiger partial charge in [0.1, 0.15) is 0 Å². The minimum atomic E-state index is -0.448. The van der Waals surface area contributed by atoms with Crippen molar-refractivity contribution in [1.29, 1.82) is 0 Å². The molecular formula is C12H20O4. The van der Waals surface area contributed by atoms with Crippen LogP contribution in [0.2, 0.25) is 0 Å². The van der Waals surface area contributed by atoms with E-state index in [1.54, 1.807) is 13.0 Å². The van der Waals surface area contributed by atoms with E-state index in [0.29, 0.717) is 13.0 Å². The maximum absolute atomic E-state index is 11.3. The number of hydrogen-bond donors (Lipinski definition) is 1. The summed E-state index contributed by atoms with van der Waals surface area (Å²) in [7, 11) is 0.